The fourth-order valence-electron chi connectivity index (χ4n) is 5.03. The van der Waals surface area contributed by atoms with Crippen molar-refractivity contribution in [2.45, 2.75) is 37.0 Å². The number of hydrogen-bond acceptors (Lipinski definition) is 6. The molecule has 1 aromatic heterocycles. The number of aromatic nitrogens is 2. The summed E-state index contributed by atoms with van der Waals surface area (Å²) in [6, 6.07) is 28.0. The van der Waals surface area contributed by atoms with E-state index in [0.717, 1.165) is 21.3 Å². The van der Waals surface area contributed by atoms with E-state index in [1.165, 1.54) is 13.1 Å². The first kappa shape index (κ1) is 26.1. The molecular formula is C29H27N5O5. The molecule has 1 aliphatic heterocycles. The van der Waals surface area contributed by atoms with Crippen LogP contribution in [0.1, 0.15) is 28.5 Å². The van der Waals surface area contributed by atoms with Gasteiger partial charge < -0.3 is 14.6 Å². The zero-order valence-electron chi connectivity index (χ0n) is 21.1. The number of nitrogens with zero attached hydrogens (tertiary/aromatic N) is 4. The van der Waals surface area contributed by atoms with Gasteiger partial charge in [-0.3, -0.25) is 14.3 Å². The van der Waals surface area contributed by atoms with Gasteiger partial charge in [-0.2, -0.15) is 0 Å². The molecule has 39 heavy (non-hydrogen) atoms. The highest BCUT2D eigenvalue weighted by atomic mass is 16.6. The summed E-state index contributed by atoms with van der Waals surface area (Å²) in [7, 11) is 0. The molecule has 4 aromatic rings. The zero-order valence-corrected chi connectivity index (χ0v) is 21.1. The van der Waals surface area contributed by atoms with Crippen LogP contribution in [0.25, 0.3) is 10.4 Å². The van der Waals surface area contributed by atoms with Crippen LogP contribution in [-0.2, 0) is 15.1 Å². The second kappa shape index (κ2) is 11.1. The number of nitrogens with one attached hydrogen (secondary N) is 1. The maximum atomic E-state index is 12.6. The van der Waals surface area contributed by atoms with Crippen molar-refractivity contribution in [2.75, 3.05) is 6.61 Å². The molecule has 1 fully saturated rings. The Hall–Kier alpha value is -4.47. The number of aryl methyl sites for hydroxylation is 1. The van der Waals surface area contributed by atoms with E-state index in [2.05, 4.69) is 15.0 Å². The minimum Gasteiger partial charge on any atom is -0.390 e. The Balaban J connectivity index is 1.56. The summed E-state index contributed by atoms with van der Waals surface area (Å²) in [6.07, 6.45) is -2.07. The zero-order chi connectivity index (χ0) is 27.4. The van der Waals surface area contributed by atoms with Crippen molar-refractivity contribution < 1.29 is 14.6 Å². The average Bonchev–Trinajstić information content (AvgIpc) is 3.27. The minimum absolute atomic E-state index is 0.106. The summed E-state index contributed by atoms with van der Waals surface area (Å²) in [6.45, 7) is 1.43. The molecule has 4 atom stereocenters. The summed E-state index contributed by atoms with van der Waals surface area (Å²) >= 11 is 0. The molecule has 4 unspecified atom stereocenters. The topological polar surface area (TPSA) is 142 Å². The Bertz CT molecular complexity index is 1490. The van der Waals surface area contributed by atoms with Crippen LogP contribution in [0.15, 0.2) is 112 Å². The molecule has 198 valence electrons. The van der Waals surface area contributed by atoms with E-state index < -0.39 is 41.3 Å². The van der Waals surface area contributed by atoms with Gasteiger partial charge >= 0.3 is 5.69 Å². The number of aliphatic hydroxyl groups is 1. The lowest BCUT2D eigenvalue weighted by Gasteiger charge is -2.37. The van der Waals surface area contributed by atoms with Crippen molar-refractivity contribution in [3.8, 4) is 0 Å². The van der Waals surface area contributed by atoms with Crippen LogP contribution in [0, 0.1) is 6.92 Å². The Labute approximate surface area is 223 Å². The molecule has 0 aliphatic carbocycles. The second-order valence-electron chi connectivity index (χ2n) is 9.32. The lowest BCUT2D eigenvalue weighted by atomic mass is 9.80. The molecule has 0 amide bonds. The standard InChI is InChI=1S/C29H27N5O5/c1-19-17-34(28(37)31-26(19)36)27-24(32-33-30)25(35)23(39-27)18-38-29(20-11-5-2-6-12-20,21-13-7-3-8-14-21)22-15-9-4-10-16-22/h2-17,23-25,27,35H,18H2,1H3,(H,31,36,37). The van der Waals surface area contributed by atoms with Gasteiger partial charge in [-0.05, 0) is 29.1 Å². The van der Waals surface area contributed by atoms with E-state index in [1.54, 1.807) is 0 Å². The third-order valence-electron chi connectivity index (χ3n) is 6.95. The SMILES string of the molecule is Cc1cn(C2OC(COC(c3ccccc3)(c3ccccc3)c3ccccc3)C(O)C2N=[N+]=[N-])c(=O)[nH]c1=O. The van der Waals surface area contributed by atoms with Gasteiger partial charge in [-0.25, -0.2) is 4.79 Å². The highest BCUT2D eigenvalue weighted by Crippen LogP contribution is 2.41. The van der Waals surface area contributed by atoms with Crippen molar-refractivity contribution in [3.05, 3.63) is 151 Å². The lowest BCUT2D eigenvalue weighted by Crippen LogP contribution is -2.39. The van der Waals surface area contributed by atoms with Crippen LogP contribution >= 0.6 is 0 Å². The molecule has 0 radical (unpaired) electrons. The highest BCUT2D eigenvalue weighted by Gasteiger charge is 2.47. The van der Waals surface area contributed by atoms with Crippen molar-refractivity contribution in [3.63, 3.8) is 0 Å². The molecule has 0 saturated carbocycles. The molecule has 2 heterocycles. The van der Waals surface area contributed by atoms with Crippen LogP contribution in [-0.4, -0.2) is 39.5 Å². The Morgan fingerprint density at radius 3 is 1.97 bits per heavy atom. The van der Waals surface area contributed by atoms with Crippen molar-refractivity contribution in [1.82, 2.24) is 9.55 Å². The molecule has 10 heteroatoms. The number of benzene rings is 3. The first-order valence-electron chi connectivity index (χ1n) is 12.5. The summed E-state index contributed by atoms with van der Waals surface area (Å²) in [5.41, 5.74) is 9.71. The summed E-state index contributed by atoms with van der Waals surface area (Å²) in [5.74, 6) is 0. The fourth-order valence-corrected chi connectivity index (χ4v) is 5.03. The van der Waals surface area contributed by atoms with Crippen LogP contribution in [0.5, 0.6) is 0 Å². The van der Waals surface area contributed by atoms with E-state index in [0.29, 0.717) is 0 Å². The summed E-state index contributed by atoms with van der Waals surface area (Å²) in [5, 5.41) is 14.9. The van der Waals surface area contributed by atoms with Gasteiger partial charge in [0.2, 0.25) is 0 Å². The van der Waals surface area contributed by atoms with Crippen molar-refractivity contribution in [1.29, 1.82) is 0 Å². The Morgan fingerprint density at radius 2 is 1.49 bits per heavy atom. The van der Waals surface area contributed by atoms with Crippen molar-refractivity contribution in [2.24, 2.45) is 5.11 Å². The molecule has 3 aromatic carbocycles. The second-order valence-corrected chi connectivity index (χ2v) is 9.32. The minimum atomic E-state index is -1.29. The molecule has 5 rings (SSSR count). The van der Waals surface area contributed by atoms with Gasteiger partial charge in [0.25, 0.3) is 5.56 Å². The van der Waals surface area contributed by atoms with E-state index in [9.17, 15) is 20.2 Å². The average molecular weight is 526 g/mol. The highest BCUT2D eigenvalue weighted by molar-refractivity contribution is 5.47. The van der Waals surface area contributed by atoms with E-state index >= 15 is 0 Å². The first-order chi connectivity index (χ1) is 19.0. The van der Waals surface area contributed by atoms with Crippen LogP contribution < -0.4 is 11.2 Å². The number of aromatic amines is 1. The molecule has 2 N–H and O–H groups in total. The normalized spacial score (nSPS) is 20.9. The van der Waals surface area contributed by atoms with Gasteiger partial charge in [-0.15, -0.1) is 0 Å². The predicted octanol–water partition coefficient (Wildman–Crippen LogP) is 3.79. The maximum Gasteiger partial charge on any atom is 0.330 e. The maximum absolute atomic E-state index is 12.6. The molecule has 10 nitrogen and oxygen atoms in total. The number of hydrogen-bond donors (Lipinski definition) is 2. The van der Waals surface area contributed by atoms with Crippen molar-refractivity contribution >= 4 is 0 Å². The van der Waals surface area contributed by atoms with Crippen LogP contribution in [0.2, 0.25) is 0 Å². The largest absolute Gasteiger partial charge is 0.390 e. The van der Waals surface area contributed by atoms with Gasteiger partial charge in [0.15, 0.2) is 0 Å². The summed E-state index contributed by atoms with van der Waals surface area (Å²) < 4.78 is 14.0. The van der Waals surface area contributed by atoms with Gasteiger partial charge in [0.05, 0.1) is 12.7 Å². The number of rotatable bonds is 8. The lowest BCUT2D eigenvalue weighted by molar-refractivity contribution is -0.0945. The third-order valence-corrected chi connectivity index (χ3v) is 6.95. The monoisotopic (exact) mass is 525 g/mol. The Kier molecular flexibility index (Phi) is 7.44. The van der Waals surface area contributed by atoms with Crippen LogP contribution in [0.4, 0.5) is 0 Å². The molecule has 0 bridgehead atoms. The number of azide groups is 1. The van der Waals surface area contributed by atoms with Gasteiger partial charge in [0.1, 0.15) is 24.0 Å². The van der Waals surface area contributed by atoms with Gasteiger partial charge in [-0.1, -0.05) is 96.1 Å². The molecule has 1 saturated heterocycles. The molecule has 0 spiro atoms. The van der Waals surface area contributed by atoms with Crippen LogP contribution in [0.3, 0.4) is 0 Å². The van der Waals surface area contributed by atoms with Gasteiger partial charge in [0, 0.05) is 16.7 Å². The quantitative estimate of drug-likeness (QED) is 0.156. The van der Waals surface area contributed by atoms with E-state index in [-0.39, 0.29) is 12.2 Å². The molecule has 1 aliphatic rings. The number of aliphatic hydroxyl groups excluding tert-OH is 1. The molecular weight excluding hydrogens is 498 g/mol. The third kappa shape index (κ3) is 4.89. The fraction of sp³-hybridized carbons (Fsp3) is 0.241. The Morgan fingerprint density at radius 1 is 0.974 bits per heavy atom. The smallest absolute Gasteiger partial charge is 0.330 e. The van der Waals surface area contributed by atoms with E-state index in [1.807, 2.05) is 91.0 Å². The number of H-pyrrole nitrogens is 1. The first-order valence-corrected chi connectivity index (χ1v) is 12.5. The summed E-state index contributed by atoms with van der Waals surface area (Å²) in [4.78, 5) is 29.6. The van der Waals surface area contributed by atoms with E-state index in [4.69, 9.17) is 9.47 Å². The predicted molar refractivity (Wildman–Crippen MR) is 144 cm³/mol. The number of ether oxygens (including phenoxy) is 2.